The second-order valence-corrected chi connectivity index (χ2v) is 6.22. The fraction of sp³-hybridized carbons (Fsp3) is 0.733. The standard InChI is InChI=1S/C15H24N4/c1-10-17-14(16-2)8-15(18-10)19(3)9-13-7-11-4-5-12(13)6-11/h8,11-13H,4-7,9H2,1-3H3,(H,16,17,18). The summed E-state index contributed by atoms with van der Waals surface area (Å²) >= 11 is 0. The zero-order valence-electron chi connectivity index (χ0n) is 12.2. The first kappa shape index (κ1) is 12.7. The van der Waals surface area contributed by atoms with Crippen molar-refractivity contribution in [3.8, 4) is 0 Å². The van der Waals surface area contributed by atoms with E-state index in [-0.39, 0.29) is 0 Å². The molecule has 2 saturated carbocycles. The number of hydrogen-bond donors (Lipinski definition) is 1. The summed E-state index contributed by atoms with van der Waals surface area (Å²) in [6.07, 6.45) is 5.83. The molecule has 2 bridgehead atoms. The molecule has 1 aromatic heterocycles. The molecule has 0 spiro atoms. The third-order valence-electron chi connectivity index (χ3n) is 4.86. The predicted octanol–water partition coefficient (Wildman–Crippen LogP) is 2.70. The fourth-order valence-electron chi connectivity index (χ4n) is 3.92. The lowest BCUT2D eigenvalue weighted by Crippen LogP contribution is -2.29. The van der Waals surface area contributed by atoms with Gasteiger partial charge in [-0.25, -0.2) is 9.97 Å². The first-order chi connectivity index (χ1) is 9.15. The highest BCUT2D eigenvalue weighted by atomic mass is 15.2. The maximum Gasteiger partial charge on any atom is 0.134 e. The molecule has 0 saturated heterocycles. The Balaban J connectivity index is 1.70. The minimum Gasteiger partial charge on any atom is -0.373 e. The molecule has 2 aliphatic rings. The van der Waals surface area contributed by atoms with Gasteiger partial charge in [0.2, 0.25) is 0 Å². The van der Waals surface area contributed by atoms with Gasteiger partial charge < -0.3 is 10.2 Å². The molecule has 0 amide bonds. The Hall–Kier alpha value is -1.32. The van der Waals surface area contributed by atoms with Crippen molar-refractivity contribution in [3.63, 3.8) is 0 Å². The van der Waals surface area contributed by atoms with Crippen molar-refractivity contribution in [2.75, 3.05) is 30.9 Å². The quantitative estimate of drug-likeness (QED) is 0.903. The van der Waals surface area contributed by atoms with Gasteiger partial charge in [-0.2, -0.15) is 0 Å². The molecule has 4 nitrogen and oxygen atoms in total. The molecular formula is C15H24N4. The van der Waals surface area contributed by atoms with Gasteiger partial charge in [0.15, 0.2) is 0 Å². The normalized spacial score (nSPS) is 28.7. The Kier molecular flexibility index (Phi) is 3.33. The van der Waals surface area contributed by atoms with Gasteiger partial charge in [-0.15, -0.1) is 0 Å². The van der Waals surface area contributed by atoms with Crippen LogP contribution in [0.2, 0.25) is 0 Å². The monoisotopic (exact) mass is 260 g/mol. The van der Waals surface area contributed by atoms with E-state index in [1.54, 1.807) is 0 Å². The van der Waals surface area contributed by atoms with Crippen molar-refractivity contribution in [1.29, 1.82) is 0 Å². The van der Waals surface area contributed by atoms with Crippen LogP contribution < -0.4 is 10.2 Å². The van der Waals surface area contributed by atoms with Crippen LogP contribution in [-0.2, 0) is 0 Å². The second kappa shape index (κ2) is 4.99. The molecule has 0 aromatic carbocycles. The van der Waals surface area contributed by atoms with Crippen LogP contribution >= 0.6 is 0 Å². The molecule has 3 atom stereocenters. The van der Waals surface area contributed by atoms with Gasteiger partial charge in [0.05, 0.1) is 0 Å². The Morgan fingerprint density at radius 2 is 2.16 bits per heavy atom. The average Bonchev–Trinajstić information content (AvgIpc) is 3.00. The number of nitrogens with zero attached hydrogens (tertiary/aromatic N) is 3. The SMILES string of the molecule is CNc1cc(N(C)CC2CC3CCC2C3)nc(C)n1. The van der Waals surface area contributed by atoms with Gasteiger partial charge in [0.1, 0.15) is 17.5 Å². The lowest BCUT2D eigenvalue weighted by atomic mass is 9.88. The first-order valence-electron chi connectivity index (χ1n) is 7.40. The van der Waals surface area contributed by atoms with Crippen LogP contribution in [0.25, 0.3) is 0 Å². The summed E-state index contributed by atoms with van der Waals surface area (Å²) < 4.78 is 0. The summed E-state index contributed by atoms with van der Waals surface area (Å²) in [6, 6.07) is 2.04. The van der Waals surface area contributed by atoms with E-state index in [0.29, 0.717) is 0 Å². The minimum absolute atomic E-state index is 0.835. The fourth-order valence-corrected chi connectivity index (χ4v) is 3.92. The van der Waals surface area contributed by atoms with Crippen molar-refractivity contribution >= 4 is 11.6 Å². The summed E-state index contributed by atoms with van der Waals surface area (Å²) in [7, 11) is 4.06. The number of anilines is 2. The summed E-state index contributed by atoms with van der Waals surface area (Å²) in [6.45, 7) is 3.09. The third-order valence-corrected chi connectivity index (χ3v) is 4.86. The topological polar surface area (TPSA) is 41.0 Å². The van der Waals surface area contributed by atoms with Crippen molar-refractivity contribution in [3.05, 3.63) is 11.9 Å². The third kappa shape index (κ3) is 2.53. The summed E-state index contributed by atoms with van der Waals surface area (Å²) in [5, 5.41) is 3.11. The highest BCUT2D eigenvalue weighted by molar-refractivity contribution is 5.48. The number of aryl methyl sites for hydroxylation is 1. The maximum absolute atomic E-state index is 4.56. The largest absolute Gasteiger partial charge is 0.373 e. The van der Waals surface area contributed by atoms with Crippen LogP contribution in [-0.4, -0.2) is 30.6 Å². The molecule has 4 heteroatoms. The van der Waals surface area contributed by atoms with Gasteiger partial charge >= 0.3 is 0 Å². The number of fused-ring (bicyclic) bond motifs is 2. The molecular weight excluding hydrogens is 236 g/mol. The number of rotatable bonds is 4. The van der Waals surface area contributed by atoms with Gasteiger partial charge in [-0.3, -0.25) is 0 Å². The molecule has 0 aliphatic heterocycles. The lowest BCUT2D eigenvalue weighted by Gasteiger charge is -2.28. The van der Waals surface area contributed by atoms with E-state index >= 15 is 0 Å². The molecule has 2 aliphatic carbocycles. The molecule has 1 heterocycles. The van der Waals surface area contributed by atoms with E-state index in [1.807, 2.05) is 20.0 Å². The van der Waals surface area contributed by atoms with Gasteiger partial charge in [-0.1, -0.05) is 6.42 Å². The predicted molar refractivity (Wildman–Crippen MR) is 78.5 cm³/mol. The molecule has 1 N–H and O–H groups in total. The van der Waals surface area contributed by atoms with Crippen LogP contribution in [0.4, 0.5) is 11.6 Å². The van der Waals surface area contributed by atoms with Gasteiger partial charge in [0, 0.05) is 26.7 Å². The highest BCUT2D eigenvalue weighted by Gasteiger charge is 2.39. The molecule has 3 rings (SSSR count). The molecule has 19 heavy (non-hydrogen) atoms. The van der Waals surface area contributed by atoms with Crippen molar-refractivity contribution in [2.24, 2.45) is 17.8 Å². The second-order valence-electron chi connectivity index (χ2n) is 6.22. The van der Waals surface area contributed by atoms with E-state index in [9.17, 15) is 0 Å². The number of aromatic nitrogens is 2. The van der Waals surface area contributed by atoms with Crippen molar-refractivity contribution in [1.82, 2.24) is 9.97 Å². The Labute approximate surface area is 115 Å². The minimum atomic E-state index is 0.835. The van der Waals surface area contributed by atoms with Gasteiger partial charge in [-0.05, 0) is 43.9 Å². The summed E-state index contributed by atoms with van der Waals surface area (Å²) in [5.41, 5.74) is 0. The number of nitrogens with one attached hydrogen (secondary N) is 1. The van der Waals surface area contributed by atoms with Crippen LogP contribution in [0.15, 0.2) is 6.07 Å². The van der Waals surface area contributed by atoms with Crippen molar-refractivity contribution < 1.29 is 0 Å². The highest BCUT2D eigenvalue weighted by Crippen LogP contribution is 2.48. The van der Waals surface area contributed by atoms with E-state index in [1.165, 1.54) is 25.7 Å². The number of hydrogen-bond acceptors (Lipinski definition) is 4. The van der Waals surface area contributed by atoms with Crippen molar-refractivity contribution in [2.45, 2.75) is 32.6 Å². The average molecular weight is 260 g/mol. The Morgan fingerprint density at radius 3 is 2.79 bits per heavy atom. The van der Waals surface area contributed by atoms with E-state index in [0.717, 1.165) is 41.8 Å². The smallest absolute Gasteiger partial charge is 0.134 e. The van der Waals surface area contributed by atoms with Crippen LogP contribution in [0.3, 0.4) is 0 Å². The Morgan fingerprint density at radius 1 is 1.32 bits per heavy atom. The first-order valence-corrected chi connectivity index (χ1v) is 7.40. The molecule has 1 aromatic rings. The van der Waals surface area contributed by atoms with E-state index in [4.69, 9.17) is 0 Å². The van der Waals surface area contributed by atoms with Crippen LogP contribution in [0.1, 0.15) is 31.5 Å². The molecule has 104 valence electrons. The van der Waals surface area contributed by atoms with Crippen LogP contribution in [0.5, 0.6) is 0 Å². The van der Waals surface area contributed by atoms with E-state index in [2.05, 4.69) is 27.2 Å². The summed E-state index contributed by atoms with van der Waals surface area (Å²) in [5.74, 6) is 5.64. The lowest BCUT2D eigenvalue weighted by molar-refractivity contribution is 0.337. The summed E-state index contributed by atoms with van der Waals surface area (Å²) in [4.78, 5) is 11.2. The molecule has 2 fully saturated rings. The Bertz CT molecular complexity index is 459. The van der Waals surface area contributed by atoms with Crippen LogP contribution in [0, 0.1) is 24.7 Å². The zero-order chi connectivity index (χ0) is 13.4. The van der Waals surface area contributed by atoms with Gasteiger partial charge in [0.25, 0.3) is 0 Å². The zero-order valence-corrected chi connectivity index (χ0v) is 12.2. The van der Waals surface area contributed by atoms with E-state index < -0.39 is 0 Å². The molecule has 0 radical (unpaired) electrons. The maximum atomic E-state index is 4.56. The molecule has 3 unspecified atom stereocenters.